The maximum atomic E-state index is 4.04. The SMILES string of the molecule is C=Cc1ccc([Si](C)(C)C[Si](C)(C)[Si](C)(C)C[Si](C[Si](C)(C)C)(C[Si](C)(C)C)c2ccc(C=C)cc2)cc1. The van der Waals surface area contributed by atoms with Crippen LogP contribution in [0, 0.1) is 0 Å². The highest BCUT2D eigenvalue weighted by Crippen LogP contribution is 2.40. The highest BCUT2D eigenvalue weighted by molar-refractivity contribution is 7.46. The molecule has 0 saturated carbocycles. The van der Waals surface area contributed by atoms with Crippen molar-refractivity contribution in [2.24, 2.45) is 0 Å². The quantitative estimate of drug-likeness (QED) is 0.198. The zero-order valence-corrected chi connectivity index (χ0v) is 33.0. The van der Waals surface area contributed by atoms with Gasteiger partial charge in [0.15, 0.2) is 0 Å². The van der Waals surface area contributed by atoms with Gasteiger partial charge >= 0.3 is 0 Å². The molecular formula is C32H58Si6. The molecule has 0 atom stereocenters. The lowest BCUT2D eigenvalue weighted by Crippen LogP contribution is -2.67. The average Bonchev–Trinajstić information content (AvgIpc) is 2.75. The molecule has 0 bridgehead atoms. The normalized spacial score (nSPS) is 13.9. The van der Waals surface area contributed by atoms with E-state index < -0.39 is 47.5 Å². The van der Waals surface area contributed by atoms with Crippen LogP contribution in [0.5, 0.6) is 0 Å². The second-order valence-corrected chi connectivity index (χ2v) is 55.5. The Morgan fingerprint density at radius 2 is 0.816 bits per heavy atom. The van der Waals surface area contributed by atoms with Gasteiger partial charge in [-0.05, 0) is 11.1 Å². The highest BCUT2D eigenvalue weighted by atomic mass is 29.3. The lowest BCUT2D eigenvalue weighted by atomic mass is 10.2. The van der Waals surface area contributed by atoms with Crippen molar-refractivity contribution in [3.05, 3.63) is 72.8 Å². The molecule has 0 radical (unpaired) electrons. The van der Waals surface area contributed by atoms with Crippen LogP contribution in [0.1, 0.15) is 11.1 Å². The van der Waals surface area contributed by atoms with Gasteiger partial charge in [0, 0.05) is 31.3 Å². The lowest BCUT2D eigenvalue weighted by Gasteiger charge is -2.50. The van der Waals surface area contributed by atoms with E-state index in [0.29, 0.717) is 0 Å². The van der Waals surface area contributed by atoms with E-state index in [-0.39, 0.29) is 0 Å². The smallest absolute Gasteiger partial charge is 0.0788 e. The molecule has 0 nitrogen and oxygen atoms in total. The van der Waals surface area contributed by atoms with Gasteiger partial charge in [-0.15, -0.1) is 0 Å². The van der Waals surface area contributed by atoms with Crippen molar-refractivity contribution in [1.82, 2.24) is 0 Å². The second kappa shape index (κ2) is 12.0. The summed E-state index contributed by atoms with van der Waals surface area (Å²) in [5, 5.41) is 3.39. The third-order valence-corrected chi connectivity index (χ3v) is 57.4. The Bertz CT molecular complexity index is 1060. The van der Waals surface area contributed by atoms with Gasteiger partial charge in [-0.3, -0.25) is 0 Å². The molecule has 6 heteroatoms. The molecule has 38 heavy (non-hydrogen) atoms. The molecule has 0 spiro atoms. The molecule has 210 valence electrons. The average molecular weight is 611 g/mol. The molecule has 0 N–H and O–H groups in total. The first kappa shape index (κ1) is 33.4. The minimum absolute atomic E-state index is 1.24. The Balaban J connectivity index is 2.58. The van der Waals surface area contributed by atoms with Crippen LogP contribution in [-0.4, -0.2) is 47.5 Å². The van der Waals surface area contributed by atoms with Crippen LogP contribution in [0.4, 0.5) is 0 Å². The Labute approximate surface area is 242 Å². The Kier molecular flexibility index (Phi) is 10.5. The Morgan fingerprint density at radius 3 is 1.16 bits per heavy atom. The molecule has 0 unspecified atom stereocenters. The van der Waals surface area contributed by atoms with Crippen molar-refractivity contribution in [3.8, 4) is 0 Å². The van der Waals surface area contributed by atoms with Crippen LogP contribution in [0.3, 0.4) is 0 Å². The molecule has 2 aromatic rings. The fourth-order valence-electron chi connectivity index (χ4n) is 7.10. The summed E-state index contributed by atoms with van der Waals surface area (Å²) >= 11 is 0. The van der Waals surface area contributed by atoms with E-state index in [1.165, 1.54) is 16.8 Å². The zero-order valence-electron chi connectivity index (χ0n) is 27.0. The zero-order chi connectivity index (χ0) is 29.2. The third kappa shape index (κ3) is 8.86. The number of rotatable bonds is 13. The van der Waals surface area contributed by atoms with Gasteiger partial charge in [0.25, 0.3) is 0 Å². The molecule has 0 amide bonds. The fourth-order valence-corrected chi connectivity index (χ4v) is 68.5. The summed E-state index contributed by atoms with van der Waals surface area (Å²) in [7, 11) is -8.70. The molecule has 0 fully saturated rings. The predicted octanol–water partition coefficient (Wildman–Crippen LogP) is 9.57. The predicted molar refractivity (Wildman–Crippen MR) is 196 cm³/mol. The van der Waals surface area contributed by atoms with Crippen LogP contribution in [-0.2, 0) is 0 Å². The van der Waals surface area contributed by atoms with Crippen LogP contribution in [0.2, 0.25) is 101 Å². The molecule has 2 rings (SSSR count). The lowest BCUT2D eigenvalue weighted by molar-refractivity contribution is 1.41. The summed E-state index contributed by atoms with van der Waals surface area (Å²) < 4.78 is 0. The summed E-state index contributed by atoms with van der Waals surface area (Å²) in [6.07, 6.45) is 3.98. The largest absolute Gasteiger partial charge is 0.0985 e. The third-order valence-electron chi connectivity index (χ3n) is 8.92. The van der Waals surface area contributed by atoms with Crippen molar-refractivity contribution in [1.29, 1.82) is 0 Å². The van der Waals surface area contributed by atoms with Gasteiger partial charge in [0.05, 0.1) is 16.1 Å². The fraction of sp³-hybridized carbons (Fsp3) is 0.500. The van der Waals surface area contributed by atoms with E-state index >= 15 is 0 Å². The monoisotopic (exact) mass is 610 g/mol. The first-order valence-corrected chi connectivity index (χ1v) is 35.3. The van der Waals surface area contributed by atoms with Crippen LogP contribution in [0.15, 0.2) is 61.7 Å². The highest BCUT2D eigenvalue weighted by Gasteiger charge is 2.52. The second-order valence-electron chi connectivity index (χ2n) is 16.4. The van der Waals surface area contributed by atoms with Crippen LogP contribution >= 0.6 is 0 Å². The van der Waals surface area contributed by atoms with E-state index in [1.807, 2.05) is 12.2 Å². The van der Waals surface area contributed by atoms with Crippen molar-refractivity contribution in [2.45, 2.75) is 101 Å². The molecule has 0 aliphatic heterocycles. The molecular weight excluding hydrogens is 553 g/mol. The van der Waals surface area contributed by atoms with E-state index in [0.717, 1.165) is 0 Å². The summed E-state index contributed by atoms with van der Waals surface area (Å²) in [5.74, 6) is 0. The summed E-state index contributed by atoms with van der Waals surface area (Å²) in [6.45, 7) is 40.3. The summed E-state index contributed by atoms with van der Waals surface area (Å²) in [4.78, 5) is 0. The van der Waals surface area contributed by atoms with Crippen molar-refractivity contribution >= 4 is 70.0 Å². The Morgan fingerprint density at radius 1 is 0.474 bits per heavy atom. The van der Waals surface area contributed by atoms with Crippen molar-refractivity contribution < 1.29 is 0 Å². The van der Waals surface area contributed by atoms with Gasteiger partial charge in [-0.25, -0.2) is 0 Å². The van der Waals surface area contributed by atoms with Gasteiger partial charge in [-0.2, -0.15) is 0 Å². The first-order chi connectivity index (χ1) is 17.2. The van der Waals surface area contributed by atoms with E-state index in [2.05, 4.69) is 140 Å². The molecule has 0 aliphatic carbocycles. The minimum atomic E-state index is -1.70. The van der Waals surface area contributed by atoms with E-state index in [1.54, 1.807) is 27.4 Å². The Hall–Kier alpha value is -0.779. The number of hydrogen-bond donors (Lipinski definition) is 0. The standard InChI is InChI=1S/C32H58Si6/c1-15-29-17-21-31(22-18-29)35(9,10)27-36(11,12)37(13,14)28-38(25-33(3,4)5,26-34(6,7)8)32-23-19-30(16-2)20-24-32/h15-24H,1-2,25-28H2,3-14H3. The van der Waals surface area contributed by atoms with Gasteiger partial charge in [0.2, 0.25) is 0 Å². The molecule has 0 aromatic heterocycles. The summed E-state index contributed by atoms with van der Waals surface area (Å²) in [6, 6.07) is 19.2. The van der Waals surface area contributed by atoms with Gasteiger partial charge < -0.3 is 0 Å². The molecule has 0 aliphatic rings. The van der Waals surface area contributed by atoms with Gasteiger partial charge in [-0.1, -0.05) is 185 Å². The maximum Gasteiger partial charge on any atom is 0.0788 e. The van der Waals surface area contributed by atoms with Crippen LogP contribution < -0.4 is 10.4 Å². The molecule has 2 aromatic carbocycles. The van der Waals surface area contributed by atoms with E-state index in [9.17, 15) is 0 Å². The summed E-state index contributed by atoms with van der Waals surface area (Å²) in [5.41, 5.74) is 8.68. The maximum absolute atomic E-state index is 4.04. The minimum Gasteiger partial charge on any atom is -0.0985 e. The van der Waals surface area contributed by atoms with Gasteiger partial charge in [0.1, 0.15) is 0 Å². The first-order valence-electron chi connectivity index (χ1n) is 14.6. The molecule has 0 heterocycles. The topological polar surface area (TPSA) is 0 Å². The van der Waals surface area contributed by atoms with Crippen LogP contribution in [0.25, 0.3) is 12.2 Å². The van der Waals surface area contributed by atoms with E-state index in [4.69, 9.17) is 0 Å². The molecule has 0 saturated heterocycles. The van der Waals surface area contributed by atoms with Crippen molar-refractivity contribution in [2.75, 3.05) is 0 Å². The van der Waals surface area contributed by atoms with Crippen molar-refractivity contribution in [3.63, 3.8) is 0 Å². The number of hydrogen-bond acceptors (Lipinski definition) is 0. The number of benzene rings is 2.